The Kier molecular flexibility index (Phi) is 4.96. The summed E-state index contributed by atoms with van der Waals surface area (Å²) < 4.78 is 2.17. The third-order valence-corrected chi connectivity index (χ3v) is 3.22. The predicted octanol–water partition coefficient (Wildman–Crippen LogP) is 1.40. The largest absolute Gasteiger partial charge is 1.00 e. The second-order valence-corrected chi connectivity index (χ2v) is 4.60. The molecule has 0 bridgehead atoms. The van der Waals surface area contributed by atoms with E-state index in [1.54, 1.807) is 0 Å². The molecule has 2 aromatic carbocycles. The highest BCUT2D eigenvalue weighted by molar-refractivity contribution is 5.79. The first-order valence-corrected chi connectivity index (χ1v) is 6.68. The lowest BCUT2D eigenvalue weighted by Gasteiger charge is -2.02. The van der Waals surface area contributed by atoms with Gasteiger partial charge in [-0.15, -0.1) is 6.58 Å². The molecule has 3 rings (SSSR count). The second kappa shape index (κ2) is 6.91. The lowest BCUT2D eigenvalue weighted by atomic mass is 10.2. The molecular formula is C18H16ClN2-. The topological polar surface area (TPSA) is 17.8 Å². The van der Waals surface area contributed by atoms with Gasteiger partial charge in [-0.05, 0) is 23.8 Å². The van der Waals surface area contributed by atoms with Gasteiger partial charge in [-0.25, -0.2) is 4.98 Å². The zero-order chi connectivity index (χ0) is 13.8. The van der Waals surface area contributed by atoms with Crippen molar-refractivity contribution in [2.45, 2.75) is 6.54 Å². The number of imidazole rings is 1. The molecule has 0 atom stereocenters. The van der Waals surface area contributed by atoms with Crippen molar-refractivity contribution in [2.24, 2.45) is 0 Å². The molecule has 21 heavy (non-hydrogen) atoms. The van der Waals surface area contributed by atoms with Gasteiger partial charge in [0.05, 0.1) is 11.0 Å². The van der Waals surface area contributed by atoms with Crippen LogP contribution in [0.25, 0.3) is 23.2 Å². The highest BCUT2D eigenvalue weighted by atomic mass is 35.5. The van der Waals surface area contributed by atoms with E-state index in [9.17, 15) is 0 Å². The van der Waals surface area contributed by atoms with Crippen molar-refractivity contribution in [2.75, 3.05) is 0 Å². The second-order valence-electron chi connectivity index (χ2n) is 4.60. The van der Waals surface area contributed by atoms with E-state index in [2.05, 4.69) is 46.5 Å². The minimum Gasteiger partial charge on any atom is -1.00 e. The first kappa shape index (κ1) is 15.1. The molecule has 1 aromatic heterocycles. The molecule has 0 radical (unpaired) electrons. The number of rotatable bonds is 4. The van der Waals surface area contributed by atoms with Crippen LogP contribution in [0.2, 0.25) is 0 Å². The van der Waals surface area contributed by atoms with E-state index in [0.717, 1.165) is 23.4 Å². The standard InChI is InChI=1S/C18H16N2.ClH/c1-2-14-20-17-11-7-6-10-16(17)19-18(20)13-12-15-8-4-3-5-9-15;/h2-13H,1,14H2;1H/p-1/b13-12+;. The summed E-state index contributed by atoms with van der Waals surface area (Å²) in [5.74, 6) is 0.954. The third kappa shape index (κ3) is 3.23. The van der Waals surface area contributed by atoms with Crippen molar-refractivity contribution in [3.63, 3.8) is 0 Å². The average molecular weight is 296 g/mol. The minimum atomic E-state index is 0. The molecule has 0 aliphatic rings. The number of halogens is 1. The summed E-state index contributed by atoms with van der Waals surface area (Å²) in [6.45, 7) is 4.59. The summed E-state index contributed by atoms with van der Waals surface area (Å²) in [7, 11) is 0. The number of benzene rings is 2. The summed E-state index contributed by atoms with van der Waals surface area (Å²) in [5.41, 5.74) is 3.33. The lowest BCUT2D eigenvalue weighted by Crippen LogP contribution is -3.00. The maximum Gasteiger partial charge on any atom is 0.134 e. The molecule has 3 aromatic rings. The molecule has 1 heterocycles. The Morgan fingerprint density at radius 1 is 0.952 bits per heavy atom. The van der Waals surface area contributed by atoms with E-state index >= 15 is 0 Å². The van der Waals surface area contributed by atoms with Gasteiger partial charge < -0.3 is 17.0 Å². The number of para-hydroxylation sites is 2. The summed E-state index contributed by atoms with van der Waals surface area (Å²) in [4.78, 5) is 4.67. The Hall–Kier alpha value is -2.32. The molecule has 106 valence electrons. The highest BCUT2D eigenvalue weighted by Gasteiger charge is 2.06. The molecule has 0 aliphatic heterocycles. The van der Waals surface area contributed by atoms with Crippen molar-refractivity contribution < 1.29 is 12.4 Å². The zero-order valence-electron chi connectivity index (χ0n) is 11.6. The Morgan fingerprint density at radius 2 is 1.67 bits per heavy atom. The maximum absolute atomic E-state index is 4.67. The van der Waals surface area contributed by atoms with Crippen LogP contribution in [0.1, 0.15) is 11.4 Å². The number of allylic oxidation sites excluding steroid dienone is 1. The molecule has 0 saturated carbocycles. The monoisotopic (exact) mass is 295 g/mol. The van der Waals surface area contributed by atoms with Gasteiger partial charge >= 0.3 is 0 Å². The molecule has 0 amide bonds. The Morgan fingerprint density at radius 3 is 2.43 bits per heavy atom. The van der Waals surface area contributed by atoms with Gasteiger partial charge in [0.2, 0.25) is 0 Å². The van der Waals surface area contributed by atoms with Crippen LogP contribution in [0.4, 0.5) is 0 Å². The number of hydrogen-bond donors (Lipinski definition) is 0. The van der Waals surface area contributed by atoms with Gasteiger partial charge in [0.25, 0.3) is 0 Å². The summed E-state index contributed by atoms with van der Waals surface area (Å²) in [6.07, 6.45) is 6.04. The van der Waals surface area contributed by atoms with E-state index in [0.29, 0.717) is 0 Å². The van der Waals surface area contributed by atoms with Crippen molar-refractivity contribution in [3.05, 3.63) is 78.6 Å². The summed E-state index contributed by atoms with van der Waals surface area (Å²) >= 11 is 0. The molecule has 0 N–H and O–H groups in total. The van der Waals surface area contributed by atoms with Crippen LogP contribution < -0.4 is 12.4 Å². The van der Waals surface area contributed by atoms with Gasteiger partial charge in [0.15, 0.2) is 0 Å². The molecule has 0 saturated heterocycles. The van der Waals surface area contributed by atoms with Gasteiger partial charge in [0, 0.05) is 6.54 Å². The van der Waals surface area contributed by atoms with Crippen LogP contribution in [0, 0.1) is 0 Å². The van der Waals surface area contributed by atoms with Crippen LogP contribution in [-0.2, 0) is 6.54 Å². The van der Waals surface area contributed by atoms with Crippen LogP contribution >= 0.6 is 0 Å². The number of fused-ring (bicyclic) bond motifs is 1. The molecule has 3 heteroatoms. The SMILES string of the molecule is C=CCn1c(/C=C/c2ccccc2)nc2ccccc21.[Cl-]. The fourth-order valence-corrected chi connectivity index (χ4v) is 2.28. The minimum absolute atomic E-state index is 0. The Labute approximate surface area is 130 Å². The van der Waals surface area contributed by atoms with Gasteiger partial charge in [-0.3, -0.25) is 0 Å². The van der Waals surface area contributed by atoms with E-state index in [-0.39, 0.29) is 12.4 Å². The number of aromatic nitrogens is 2. The zero-order valence-corrected chi connectivity index (χ0v) is 12.4. The average Bonchev–Trinajstić information content (AvgIpc) is 2.85. The lowest BCUT2D eigenvalue weighted by molar-refractivity contribution is -0.00000395. The van der Waals surface area contributed by atoms with Crippen LogP contribution in [0.15, 0.2) is 67.3 Å². The van der Waals surface area contributed by atoms with Crippen LogP contribution in [-0.4, -0.2) is 9.55 Å². The fourth-order valence-electron chi connectivity index (χ4n) is 2.28. The van der Waals surface area contributed by atoms with E-state index in [1.807, 2.05) is 42.5 Å². The van der Waals surface area contributed by atoms with E-state index in [4.69, 9.17) is 0 Å². The van der Waals surface area contributed by atoms with E-state index < -0.39 is 0 Å². The predicted molar refractivity (Wildman–Crippen MR) is 85.3 cm³/mol. The Bertz CT molecular complexity index is 757. The smallest absolute Gasteiger partial charge is 0.134 e. The van der Waals surface area contributed by atoms with Crippen molar-refractivity contribution in [1.29, 1.82) is 0 Å². The molecule has 2 nitrogen and oxygen atoms in total. The fraction of sp³-hybridized carbons (Fsp3) is 0.0556. The summed E-state index contributed by atoms with van der Waals surface area (Å²) in [6, 6.07) is 18.4. The number of hydrogen-bond acceptors (Lipinski definition) is 1. The van der Waals surface area contributed by atoms with E-state index in [1.165, 1.54) is 5.56 Å². The van der Waals surface area contributed by atoms with Gasteiger partial charge in [-0.1, -0.05) is 54.6 Å². The van der Waals surface area contributed by atoms with Gasteiger partial charge in [-0.2, -0.15) is 0 Å². The number of nitrogens with zero attached hydrogens (tertiary/aromatic N) is 2. The first-order valence-electron chi connectivity index (χ1n) is 6.68. The van der Waals surface area contributed by atoms with Crippen molar-refractivity contribution in [1.82, 2.24) is 9.55 Å². The molecule has 0 aliphatic carbocycles. The molecule has 0 spiro atoms. The first-order chi connectivity index (χ1) is 9.88. The molecule has 0 fully saturated rings. The maximum atomic E-state index is 4.67. The quantitative estimate of drug-likeness (QED) is 0.665. The van der Waals surface area contributed by atoms with Crippen molar-refractivity contribution >= 4 is 23.2 Å². The van der Waals surface area contributed by atoms with Gasteiger partial charge in [0.1, 0.15) is 5.82 Å². The molecular weight excluding hydrogens is 280 g/mol. The van der Waals surface area contributed by atoms with Crippen LogP contribution in [0.5, 0.6) is 0 Å². The van der Waals surface area contributed by atoms with Crippen LogP contribution in [0.3, 0.4) is 0 Å². The molecule has 0 unspecified atom stereocenters. The third-order valence-electron chi connectivity index (χ3n) is 3.22. The van der Waals surface area contributed by atoms with Crippen molar-refractivity contribution in [3.8, 4) is 0 Å². The normalized spacial score (nSPS) is 10.7. The highest BCUT2D eigenvalue weighted by Crippen LogP contribution is 2.18. The Balaban J connectivity index is 0.00000161. The summed E-state index contributed by atoms with van der Waals surface area (Å²) in [5, 5.41) is 0.